The third-order valence-electron chi connectivity index (χ3n) is 3.13. The summed E-state index contributed by atoms with van der Waals surface area (Å²) in [6, 6.07) is 16.9. The van der Waals surface area contributed by atoms with Gasteiger partial charge in [-0.3, -0.25) is 0 Å². The molecule has 0 aromatic heterocycles. The topological polar surface area (TPSA) is 52.5 Å². The van der Waals surface area contributed by atoms with Crippen LogP contribution >= 0.6 is 0 Å². The van der Waals surface area contributed by atoms with E-state index in [1.54, 1.807) is 6.92 Å². The number of anilines is 1. The zero-order valence-electron chi connectivity index (χ0n) is 12.0. The molecule has 0 bridgehead atoms. The Labute approximate surface area is 125 Å². The van der Waals surface area contributed by atoms with Crippen molar-refractivity contribution in [2.24, 2.45) is 0 Å². The van der Waals surface area contributed by atoms with Gasteiger partial charge in [0.2, 0.25) is 0 Å². The largest absolute Gasteiger partial charge is 0.395 e. The van der Waals surface area contributed by atoms with Crippen molar-refractivity contribution in [3.63, 3.8) is 0 Å². The number of benzene rings is 2. The molecule has 0 aliphatic carbocycles. The fourth-order valence-corrected chi connectivity index (χ4v) is 1.96. The molecule has 2 aromatic carbocycles. The summed E-state index contributed by atoms with van der Waals surface area (Å²) in [7, 11) is 0. The van der Waals surface area contributed by atoms with Crippen molar-refractivity contribution in [3.05, 3.63) is 65.7 Å². The normalized spacial score (nSPS) is 12.9. The van der Waals surface area contributed by atoms with Gasteiger partial charge in [-0.15, -0.1) is 0 Å². The van der Waals surface area contributed by atoms with Crippen LogP contribution in [0.5, 0.6) is 0 Å². The quantitative estimate of drug-likeness (QED) is 0.754. The summed E-state index contributed by atoms with van der Waals surface area (Å²) in [4.78, 5) is 0. The van der Waals surface area contributed by atoms with E-state index >= 15 is 0 Å². The van der Waals surface area contributed by atoms with E-state index in [-0.39, 0.29) is 6.61 Å². The molecule has 1 atom stereocenters. The Balaban J connectivity index is 2.26. The maximum absolute atomic E-state index is 10.5. The van der Waals surface area contributed by atoms with Crippen LogP contribution in [-0.2, 0) is 5.60 Å². The van der Waals surface area contributed by atoms with E-state index in [0.29, 0.717) is 6.54 Å². The Hall–Kier alpha value is -2.28. The van der Waals surface area contributed by atoms with Crippen molar-refractivity contribution in [2.75, 3.05) is 18.5 Å². The summed E-state index contributed by atoms with van der Waals surface area (Å²) in [5.41, 5.74) is 1.20. The minimum absolute atomic E-state index is 0.0590. The summed E-state index contributed by atoms with van der Waals surface area (Å²) in [6.07, 6.45) is 0. The van der Waals surface area contributed by atoms with Crippen LogP contribution in [0.3, 0.4) is 0 Å². The van der Waals surface area contributed by atoms with Crippen LogP contribution in [0, 0.1) is 11.8 Å². The Morgan fingerprint density at radius 1 is 1.05 bits per heavy atom. The van der Waals surface area contributed by atoms with E-state index in [1.165, 1.54) is 0 Å². The number of hydrogen-bond acceptors (Lipinski definition) is 3. The molecule has 0 aliphatic heterocycles. The highest BCUT2D eigenvalue weighted by molar-refractivity contribution is 5.59. The number of aliphatic hydroxyl groups is 2. The zero-order chi connectivity index (χ0) is 15.1. The molecule has 21 heavy (non-hydrogen) atoms. The molecule has 2 aromatic rings. The van der Waals surface area contributed by atoms with Crippen LogP contribution in [0.25, 0.3) is 0 Å². The van der Waals surface area contributed by atoms with Crippen molar-refractivity contribution in [1.29, 1.82) is 0 Å². The molecule has 3 N–H and O–H groups in total. The molecule has 0 spiro atoms. The van der Waals surface area contributed by atoms with E-state index in [4.69, 9.17) is 5.11 Å². The minimum atomic E-state index is -1.20. The molecular formula is C18H19NO2. The Kier molecular flexibility index (Phi) is 4.99. The number of nitrogens with one attached hydrogen (secondary N) is 1. The zero-order valence-corrected chi connectivity index (χ0v) is 12.0. The second kappa shape index (κ2) is 6.94. The molecule has 0 aliphatic rings. The van der Waals surface area contributed by atoms with Crippen molar-refractivity contribution in [2.45, 2.75) is 12.5 Å². The van der Waals surface area contributed by atoms with Gasteiger partial charge in [0.15, 0.2) is 0 Å². The SMILES string of the molecule is C[C@@](O)(C#Cc1ccccc1NCCO)c1ccccc1. The van der Waals surface area contributed by atoms with Gasteiger partial charge in [-0.25, -0.2) is 0 Å². The van der Waals surface area contributed by atoms with Crippen LogP contribution in [0.4, 0.5) is 5.69 Å². The monoisotopic (exact) mass is 281 g/mol. The highest BCUT2D eigenvalue weighted by Crippen LogP contribution is 2.20. The fourth-order valence-electron chi connectivity index (χ4n) is 1.96. The van der Waals surface area contributed by atoms with Gasteiger partial charge in [0.25, 0.3) is 0 Å². The van der Waals surface area contributed by atoms with Crippen molar-refractivity contribution >= 4 is 5.69 Å². The van der Waals surface area contributed by atoms with E-state index in [0.717, 1.165) is 16.8 Å². The molecule has 108 valence electrons. The van der Waals surface area contributed by atoms with Crippen molar-refractivity contribution in [1.82, 2.24) is 0 Å². The molecule has 3 nitrogen and oxygen atoms in total. The molecule has 0 saturated heterocycles. The van der Waals surface area contributed by atoms with Gasteiger partial charge in [0, 0.05) is 17.8 Å². The van der Waals surface area contributed by atoms with Crippen molar-refractivity contribution in [3.8, 4) is 11.8 Å². The molecule has 0 radical (unpaired) electrons. The van der Waals surface area contributed by atoms with Gasteiger partial charge in [-0.2, -0.15) is 0 Å². The molecule has 0 unspecified atom stereocenters. The standard InChI is InChI=1S/C18H19NO2/c1-18(21,16-8-3-2-4-9-16)12-11-15-7-5-6-10-17(15)19-13-14-20/h2-10,19-21H,13-14H2,1H3/t18-/m1/s1. The summed E-state index contributed by atoms with van der Waals surface area (Å²) in [5, 5.41) is 22.5. The summed E-state index contributed by atoms with van der Waals surface area (Å²) in [6.45, 7) is 2.20. The fraction of sp³-hybridized carbons (Fsp3) is 0.222. The average Bonchev–Trinajstić information content (AvgIpc) is 2.52. The van der Waals surface area contributed by atoms with Crippen molar-refractivity contribution < 1.29 is 10.2 Å². The summed E-state index contributed by atoms with van der Waals surface area (Å²) < 4.78 is 0. The maximum Gasteiger partial charge on any atom is 0.148 e. The van der Waals surface area contributed by atoms with Gasteiger partial charge >= 0.3 is 0 Å². The first-order chi connectivity index (χ1) is 10.1. The molecular weight excluding hydrogens is 262 g/mol. The van der Waals surface area contributed by atoms with E-state index in [9.17, 15) is 5.11 Å². The van der Waals surface area contributed by atoms with Gasteiger partial charge in [-0.05, 0) is 24.6 Å². The minimum Gasteiger partial charge on any atom is -0.395 e. The van der Waals surface area contributed by atoms with Crippen LogP contribution in [0.1, 0.15) is 18.1 Å². The second-order valence-corrected chi connectivity index (χ2v) is 4.88. The summed E-state index contributed by atoms with van der Waals surface area (Å²) in [5.74, 6) is 5.93. The van der Waals surface area contributed by atoms with Gasteiger partial charge < -0.3 is 15.5 Å². The number of aliphatic hydroxyl groups excluding tert-OH is 1. The van der Waals surface area contributed by atoms with Gasteiger partial charge in [0.05, 0.1) is 6.61 Å². The first kappa shape index (κ1) is 15.1. The van der Waals surface area contributed by atoms with E-state index < -0.39 is 5.60 Å². The summed E-state index contributed by atoms with van der Waals surface area (Å²) >= 11 is 0. The van der Waals surface area contributed by atoms with Gasteiger partial charge in [0.1, 0.15) is 5.60 Å². The van der Waals surface area contributed by atoms with E-state index in [1.807, 2.05) is 54.6 Å². The Morgan fingerprint density at radius 3 is 2.43 bits per heavy atom. The lowest BCUT2D eigenvalue weighted by Gasteiger charge is -2.16. The Morgan fingerprint density at radius 2 is 1.71 bits per heavy atom. The lowest BCUT2D eigenvalue weighted by atomic mass is 9.96. The second-order valence-electron chi connectivity index (χ2n) is 4.88. The van der Waals surface area contributed by atoms with Crippen LogP contribution in [-0.4, -0.2) is 23.4 Å². The van der Waals surface area contributed by atoms with Crippen LogP contribution in [0.15, 0.2) is 54.6 Å². The number of hydrogen-bond donors (Lipinski definition) is 3. The first-order valence-corrected chi connectivity index (χ1v) is 6.88. The van der Waals surface area contributed by atoms with Crippen LogP contribution < -0.4 is 5.32 Å². The number of rotatable bonds is 4. The molecule has 0 fully saturated rings. The third-order valence-corrected chi connectivity index (χ3v) is 3.13. The smallest absolute Gasteiger partial charge is 0.148 e. The van der Waals surface area contributed by atoms with E-state index in [2.05, 4.69) is 17.2 Å². The molecule has 0 amide bonds. The predicted octanol–water partition coefficient (Wildman–Crippen LogP) is 2.35. The number of para-hydroxylation sites is 1. The van der Waals surface area contributed by atoms with Gasteiger partial charge in [-0.1, -0.05) is 54.3 Å². The molecule has 0 saturated carbocycles. The maximum atomic E-state index is 10.5. The average molecular weight is 281 g/mol. The molecule has 3 heteroatoms. The highest BCUT2D eigenvalue weighted by Gasteiger charge is 2.19. The lowest BCUT2D eigenvalue weighted by molar-refractivity contribution is 0.122. The van der Waals surface area contributed by atoms with Crippen LogP contribution in [0.2, 0.25) is 0 Å². The third kappa shape index (κ3) is 4.09. The predicted molar refractivity (Wildman–Crippen MR) is 84.9 cm³/mol. The lowest BCUT2D eigenvalue weighted by Crippen LogP contribution is -2.18. The highest BCUT2D eigenvalue weighted by atomic mass is 16.3. The Bertz CT molecular complexity index is 639. The molecule has 0 heterocycles. The molecule has 2 rings (SSSR count). The first-order valence-electron chi connectivity index (χ1n) is 6.88.